The molecule has 1 aromatic rings. The molecule has 4 nitrogen and oxygen atoms in total. The number of morpholine rings is 1. The molecule has 0 bridgehead atoms. The van der Waals surface area contributed by atoms with Crippen molar-refractivity contribution in [3.63, 3.8) is 0 Å². The van der Waals surface area contributed by atoms with Crippen molar-refractivity contribution in [2.24, 2.45) is 0 Å². The van der Waals surface area contributed by atoms with Crippen molar-refractivity contribution in [3.8, 4) is 0 Å². The van der Waals surface area contributed by atoms with E-state index in [2.05, 4.69) is 9.47 Å². The Morgan fingerprint density at radius 1 is 1.38 bits per heavy atom. The number of rotatable bonds is 4. The summed E-state index contributed by atoms with van der Waals surface area (Å²) < 4.78 is 7.44. The number of hydrogen-bond donors (Lipinski definition) is 1. The Bertz CT molecular complexity index is 317. The van der Waals surface area contributed by atoms with Crippen LogP contribution in [0.4, 0.5) is 0 Å². The maximum Gasteiger partial charge on any atom is 0.0776 e. The lowest BCUT2D eigenvalue weighted by Gasteiger charge is -2.26. The summed E-state index contributed by atoms with van der Waals surface area (Å²) in [7, 11) is 0. The highest BCUT2D eigenvalue weighted by atomic mass is 16.5. The zero-order valence-electron chi connectivity index (χ0n) is 9.80. The van der Waals surface area contributed by atoms with Crippen LogP contribution in [-0.2, 0) is 11.3 Å². The van der Waals surface area contributed by atoms with Crippen LogP contribution in [0.3, 0.4) is 0 Å². The van der Waals surface area contributed by atoms with Gasteiger partial charge in [-0.2, -0.15) is 0 Å². The van der Waals surface area contributed by atoms with Gasteiger partial charge in [0.2, 0.25) is 0 Å². The first-order valence-electron chi connectivity index (χ1n) is 5.89. The zero-order chi connectivity index (χ0) is 11.4. The van der Waals surface area contributed by atoms with Crippen molar-refractivity contribution < 1.29 is 9.84 Å². The zero-order valence-corrected chi connectivity index (χ0v) is 9.80. The third-order valence-corrected chi connectivity index (χ3v) is 3.03. The minimum Gasteiger partial charge on any atom is -0.389 e. The van der Waals surface area contributed by atoms with Crippen molar-refractivity contribution in [1.29, 1.82) is 0 Å². The summed E-state index contributed by atoms with van der Waals surface area (Å²) in [5.41, 5.74) is 0.988. The molecule has 1 aliphatic rings. The number of aromatic nitrogens is 1. The predicted molar refractivity (Wildman–Crippen MR) is 62.3 cm³/mol. The number of aliphatic hydroxyl groups is 1. The third kappa shape index (κ3) is 3.07. The summed E-state index contributed by atoms with van der Waals surface area (Å²) in [5, 5.41) is 9.41. The van der Waals surface area contributed by atoms with E-state index in [1.807, 2.05) is 18.5 Å². The molecule has 0 spiro atoms. The van der Waals surface area contributed by atoms with E-state index in [1.54, 1.807) is 6.92 Å². The highest BCUT2D eigenvalue weighted by molar-refractivity contribution is 5.12. The van der Waals surface area contributed by atoms with E-state index in [9.17, 15) is 5.11 Å². The third-order valence-electron chi connectivity index (χ3n) is 3.03. The van der Waals surface area contributed by atoms with Crippen LogP contribution >= 0.6 is 0 Å². The average molecular weight is 224 g/mol. The summed E-state index contributed by atoms with van der Waals surface area (Å²) in [6.45, 7) is 7.59. The molecule has 0 aliphatic carbocycles. The van der Waals surface area contributed by atoms with Crippen LogP contribution in [0.2, 0.25) is 0 Å². The Kier molecular flexibility index (Phi) is 3.98. The average Bonchev–Trinajstić information content (AvgIpc) is 2.76. The van der Waals surface area contributed by atoms with E-state index < -0.39 is 0 Å². The van der Waals surface area contributed by atoms with Gasteiger partial charge in [-0.3, -0.25) is 4.90 Å². The normalized spacial score (nSPS) is 19.9. The summed E-state index contributed by atoms with van der Waals surface area (Å²) in [4.78, 5) is 2.41. The number of aliphatic hydroxyl groups excluding tert-OH is 1. The van der Waals surface area contributed by atoms with Crippen LogP contribution in [0, 0.1) is 0 Å². The molecule has 1 N–H and O–H groups in total. The minimum absolute atomic E-state index is 0.371. The molecule has 1 saturated heterocycles. The summed E-state index contributed by atoms with van der Waals surface area (Å²) in [6.07, 6.45) is 3.68. The predicted octanol–water partition coefficient (Wildman–Crippen LogP) is 0.874. The molecule has 0 aromatic carbocycles. The first-order valence-corrected chi connectivity index (χ1v) is 5.89. The molecule has 0 saturated carbocycles. The molecule has 2 rings (SSSR count). The van der Waals surface area contributed by atoms with Gasteiger partial charge in [-0.25, -0.2) is 0 Å². The molecule has 16 heavy (non-hydrogen) atoms. The Balaban J connectivity index is 1.79. The molecule has 4 heteroatoms. The van der Waals surface area contributed by atoms with Gasteiger partial charge in [0.15, 0.2) is 0 Å². The second kappa shape index (κ2) is 5.48. The molecule has 0 radical (unpaired) electrons. The van der Waals surface area contributed by atoms with Crippen molar-refractivity contribution in [2.75, 3.05) is 32.8 Å². The Labute approximate surface area is 96.4 Å². The minimum atomic E-state index is -0.371. The fourth-order valence-corrected chi connectivity index (χ4v) is 1.93. The maximum absolute atomic E-state index is 9.41. The number of hydrogen-bond acceptors (Lipinski definition) is 3. The van der Waals surface area contributed by atoms with E-state index in [0.29, 0.717) is 0 Å². The van der Waals surface area contributed by atoms with Crippen molar-refractivity contribution in [1.82, 2.24) is 9.47 Å². The van der Waals surface area contributed by atoms with Crippen LogP contribution in [0.5, 0.6) is 0 Å². The summed E-state index contributed by atoms with van der Waals surface area (Å²) in [5.74, 6) is 0. The van der Waals surface area contributed by atoms with E-state index in [0.717, 1.165) is 45.0 Å². The van der Waals surface area contributed by atoms with Crippen molar-refractivity contribution in [3.05, 3.63) is 24.0 Å². The first kappa shape index (κ1) is 11.6. The molecular weight excluding hydrogens is 204 g/mol. The SMILES string of the molecule is CC(O)c1ccn(CCN2CCOCC2)c1. The Morgan fingerprint density at radius 2 is 2.12 bits per heavy atom. The molecule has 1 atom stereocenters. The number of nitrogens with zero attached hydrogens (tertiary/aromatic N) is 2. The lowest BCUT2D eigenvalue weighted by Crippen LogP contribution is -2.38. The highest BCUT2D eigenvalue weighted by Crippen LogP contribution is 2.11. The van der Waals surface area contributed by atoms with Gasteiger partial charge in [0, 0.05) is 38.6 Å². The van der Waals surface area contributed by atoms with E-state index in [4.69, 9.17) is 4.74 Å². The molecule has 0 amide bonds. The van der Waals surface area contributed by atoms with E-state index in [-0.39, 0.29) is 6.10 Å². The Morgan fingerprint density at radius 3 is 2.75 bits per heavy atom. The first-order chi connectivity index (χ1) is 7.75. The Hall–Kier alpha value is -0.840. The summed E-state index contributed by atoms with van der Waals surface area (Å²) in [6, 6.07) is 1.98. The fraction of sp³-hybridized carbons (Fsp3) is 0.667. The second-order valence-corrected chi connectivity index (χ2v) is 4.31. The van der Waals surface area contributed by atoms with Crippen LogP contribution < -0.4 is 0 Å². The van der Waals surface area contributed by atoms with Gasteiger partial charge < -0.3 is 14.4 Å². The van der Waals surface area contributed by atoms with Crippen LogP contribution in [-0.4, -0.2) is 47.4 Å². The van der Waals surface area contributed by atoms with E-state index in [1.165, 1.54) is 0 Å². The molecule has 1 fully saturated rings. The van der Waals surface area contributed by atoms with Gasteiger partial charge in [-0.1, -0.05) is 0 Å². The van der Waals surface area contributed by atoms with Gasteiger partial charge in [-0.05, 0) is 18.6 Å². The van der Waals surface area contributed by atoms with Gasteiger partial charge >= 0.3 is 0 Å². The van der Waals surface area contributed by atoms with Gasteiger partial charge in [0.25, 0.3) is 0 Å². The molecule has 1 unspecified atom stereocenters. The van der Waals surface area contributed by atoms with Gasteiger partial charge in [-0.15, -0.1) is 0 Å². The summed E-state index contributed by atoms with van der Waals surface area (Å²) >= 11 is 0. The molecular formula is C12H20N2O2. The monoisotopic (exact) mass is 224 g/mol. The molecule has 2 heterocycles. The quantitative estimate of drug-likeness (QED) is 0.824. The molecule has 90 valence electrons. The van der Waals surface area contributed by atoms with Gasteiger partial charge in [0.05, 0.1) is 19.3 Å². The molecule has 1 aliphatic heterocycles. The van der Waals surface area contributed by atoms with E-state index >= 15 is 0 Å². The topological polar surface area (TPSA) is 37.6 Å². The lowest BCUT2D eigenvalue weighted by atomic mass is 10.2. The number of ether oxygens (including phenoxy) is 1. The smallest absolute Gasteiger partial charge is 0.0776 e. The highest BCUT2D eigenvalue weighted by Gasteiger charge is 2.10. The van der Waals surface area contributed by atoms with Crippen LogP contribution in [0.15, 0.2) is 18.5 Å². The molecule has 1 aromatic heterocycles. The van der Waals surface area contributed by atoms with Crippen molar-refractivity contribution >= 4 is 0 Å². The lowest BCUT2D eigenvalue weighted by molar-refractivity contribution is 0.0364. The largest absolute Gasteiger partial charge is 0.389 e. The fourth-order valence-electron chi connectivity index (χ4n) is 1.93. The van der Waals surface area contributed by atoms with Gasteiger partial charge in [0.1, 0.15) is 0 Å². The second-order valence-electron chi connectivity index (χ2n) is 4.31. The van der Waals surface area contributed by atoms with Crippen LogP contribution in [0.1, 0.15) is 18.6 Å². The maximum atomic E-state index is 9.41. The van der Waals surface area contributed by atoms with Crippen molar-refractivity contribution in [2.45, 2.75) is 19.6 Å². The van der Waals surface area contributed by atoms with Crippen LogP contribution in [0.25, 0.3) is 0 Å². The standard InChI is InChI=1S/C12H20N2O2/c1-11(15)12-2-3-14(10-12)5-4-13-6-8-16-9-7-13/h2-3,10-11,15H,4-9H2,1H3.